The molecule has 1 aromatic rings. The number of alkyl halides is 3. The van der Waals surface area contributed by atoms with Gasteiger partial charge in [-0.05, 0) is 37.0 Å². The number of ether oxygens (including phenoxy) is 1. The first-order chi connectivity index (χ1) is 15.0. The maximum absolute atomic E-state index is 12.8. The highest BCUT2D eigenvalue weighted by atomic mass is 19.4. The van der Waals surface area contributed by atoms with E-state index in [1.54, 1.807) is 0 Å². The van der Waals surface area contributed by atoms with Gasteiger partial charge in [-0.3, -0.25) is 14.5 Å². The lowest BCUT2D eigenvalue weighted by molar-refractivity contribution is -0.137. The number of hydrogen-bond acceptors (Lipinski definition) is 5. The van der Waals surface area contributed by atoms with Crippen molar-refractivity contribution in [3.63, 3.8) is 0 Å². The fourth-order valence-corrected chi connectivity index (χ4v) is 4.08. The number of aliphatic hydroxyl groups excluding tert-OH is 1. The molecule has 3 unspecified atom stereocenters. The van der Waals surface area contributed by atoms with Crippen LogP contribution in [0, 0.1) is 5.92 Å². The summed E-state index contributed by atoms with van der Waals surface area (Å²) in [6, 6.07) is 3.60. The highest BCUT2D eigenvalue weighted by Gasteiger charge is 2.55. The number of nitrogens with one attached hydrogen (secondary N) is 2. The van der Waals surface area contributed by atoms with Gasteiger partial charge in [0.2, 0.25) is 5.91 Å². The molecule has 176 valence electrons. The van der Waals surface area contributed by atoms with Crippen LogP contribution in [0.15, 0.2) is 24.3 Å². The van der Waals surface area contributed by atoms with Crippen molar-refractivity contribution in [3.05, 3.63) is 29.8 Å². The van der Waals surface area contributed by atoms with E-state index in [1.807, 2.05) is 6.92 Å². The average Bonchev–Trinajstić information content (AvgIpc) is 2.97. The molecule has 8 nitrogen and oxygen atoms in total. The molecule has 32 heavy (non-hydrogen) atoms. The second-order valence-electron chi connectivity index (χ2n) is 8.23. The van der Waals surface area contributed by atoms with Gasteiger partial charge in [-0.25, -0.2) is 4.79 Å². The molecule has 1 aromatic carbocycles. The third-order valence-electron chi connectivity index (χ3n) is 5.94. The highest BCUT2D eigenvalue weighted by Crippen LogP contribution is 2.38. The van der Waals surface area contributed by atoms with E-state index in [0.29, 0.717) is 6.42 Å². The van der Waals surface area contributed by atoms with Gasteiger partial charge in [0.25, 0.3) is 5.91 Å². The smallest absolute Gasteiger partial charge is 0.416 e. The van der Waals surface area contributed by atoms with Crippen molar-refractivity contribution in [1.29, 1.82) is 0 Å². The monoisotopic (exact) mass is 457 g/mol. The lowest BCUT2D eigenvalue weighted by Crippen LogP contribution is -2.54. The molecule has 0 aromatic heterocycles. The molecule has 3 atom stereocenters. The van der Waals surface area contributed by atoms with Crippen molar-refractivity contribution in [3.8, 4) is 5.75 Å². The minimum Gasteiger partial charge on any atom is -0.491 e. The number of imide groups is 1. The van der Waals surface area contributed by atoms with Crippen molar-refractivity contribution in [2.24, 2.45) is 5.92 Å². The summed E-state index contributed by atoms with van der Waals surface area (Å²) in [6.45, 7) is 0.802. The van der Waals surface area contributed by atoms with Crippen LogP contribution in [0.25, 0.3) is 0 Å². The summed E-state index contributed by atoms with van der Waals surface area (Å²) in [5.74, 6) is -1.17. The van der Waals surface area contributed by atoms with E-state index in [4.69, 9.17) is 4.74 Å². The summed E-state index contributed by atoms with van der Waals surface area (Å²) in [5, 5.41) is 15.1. The number of aliphatic hydroxyl groups is 1. The Bertz CT molecular complexity index is 878. The van der Waals surface area contributed by atoms with E-state index in [-0.39, 0.29) is 24.8 Å². The van der Waals surface area contributed by atoms with E-state index >= 15 is 0 Å². The molecule has 0 radical (unpaired) electrons. The summed E-state index contributed by atoms with van der Waals surface area (Å²) >= 11 is 0. The van der Waals surface area contributed by atoms with Crippen molar-refractivity contribution in [2.75, 3.05) is 19.7 Å². The number of amides is 4. The Morgan fingerprint density at radius 1 is 1.38 bits per heavy atom. The number of urea groups is 1. The van der Waals surface area contributed by atoms with Crippen LogP contribution in [0.4, 0.5) is 18.0 Å². The molecule has 1 saturated carbocycles. The first-order valence-corrected chi connectivity index (χ1v) is 10.4. The van der Waals surface area contributed by atoms with E-state index in [0.717, 1.165) is 36.3 Å². The molecule has 11 heteroatoms. The summed E-state index contributed by atoms with van der Waals surface area (Å²) in [7, 11) is 0. The minimum atomic E-state index is -4.51. The van der Waals surface area contributed by atoms with Gasteiger partial charge < -0.3 is 20.5 Å². The van der Waals surface area contributed by atoms with Crippen LogP contribution < -0.4 is 15.4 Å². The lowest BCUT2D eigenvalue weighted by Gasteiger charge is -2.36. The quantitative estimate of drug-likeness (QED) is 0.544. The molecule has 2 fully saturated rings. The normalized spacial score (nSPS) is 24.4. The Balaban J connectivity index is 1.47. The van der Waals surface area contributed by atoms with Crippen LogP contribution in [0.1, 0.15) is 38.2 Å². The first-order valence-electron chi connectivity index (χ1n) is 10.4. The number of hydrogen-bond donors (Lipinski definition) is 3. The number of benzene rings is 1. The second kappa shape index (κ2) is 9.35. The Hall–Kier alpha value is -2.82. The molecular weight excluding hydrogens is 431 g/mol. The standard InChI is InChI=1S/C21H26F3N3O5/c1-13-5-2-3-8-20(13)18(30)27(19(31)26-20)11-17(29)25-10-15(28)12-32-16-7-4-6-14(9-16)21(22,23)24/h4,6-7,9,13,15,28H,2-3,5,8,10-12H2,1H3,(H,25,29)(H,26,31). The van der Waals surface area contributed by atoms with Crippen LogP contribution in [0.3, 0.4) is 0 Å². The minimum absolute atomic E-state index is 0.0319. The summed E-state index contributed by atoms with van der Waals surface area (Å²) < 4.78 is 43.3. The number of nitrogens with zero attached hydrogens (tertiary/aromatic N) is 1. The fourth-order valence-electron chi connectivity index (χ4n) is 4.08. The largest absolute Gasteiger partial charge is 0.491 e. The van der Waals surface area contributed by atoms with Crippen LogP contribution in [-0.4, -0.2) is 59.2 Å². The number of carbonyl (C=O) groups excluding carboxylic acids is 3. The molecule has 1 spiro atoms. The molecular formula is C21H26F3N3O5. The van der Waals surface area contributed by atoms with Gasteiger partial charge in [-0.15, -0.1) is 0 Å². The summed E-state index contributed by atoms with van der Waals surface area (Å²) in [6.07, 6.45) is -2.59. The van der Waals surface area contributed by atoms with Gasteiger partial charge in [-0.2, -0.15) is 13.2 Å². The molecule has 2 aliphatic rings. The van der Waals surface area contributed by atoms with Crippen LogP contribution in [0.2, 0.25) is 0 Å². The fraction of sp³-hybridized carbons (Fsp3) is 0.571. The van der Waals surface area contributed by atoms with Crippen molar-refractivity contribution in [1.82, 2.24) is 15.5 Å². The van der Waals surface area contributed by atoms with Crippen LogP contribution in [0.5, 0.6) is 5.75 Å². The average molecular weight is 457 g/mol. The molecule has 1 aliphatic heterocycles. The van der Waals surface area contributed by atoms with Gasteiger partial charge in [0.1, 0.15) is 30.5 Å². The third-order valence-corrected chi connectivity index (χ3v) is 5.94. The van der Waals surface area contributed by atoms with Crippen molar-refractivity contribution < 1.29 is 37.4 Å². The lowest BCUT2D eigenvalue weighted by atomic mass is 9.73. The van der Waals surface area contributed by atoms with Crippen LogP contribution in [-0.2, 0) is 15.8 Å². The van der Waals surface area contributed by atoms with Gasteiger partial charge in [0.05, 0.1) is 5.56 Å². The molecule has 4 amide bonds. The zero-order valence-electron chi connectivity index (χ0n) is 17.6. The Morgan fingerprint density at radius 2 is 2.12 bits per heavy atom. The SMILES string of the molecule is CC1CCCCC12NC(=O)N(CC(=O)NCC(O)COc1cccc(C(F)(F)F)c1)C2=O. The van der Waals surface area contributed by atoms with Gasteiger partial charge in [-0.1, -0.05) is 25.8 Å². The zero-order valence-corrected chi connectivity index (χ0v) is 17.6. The highest BCUT2D eigenvalue weighted by molar-refractivity contribution is 6.09. The molecule has 3 N–H and O–H groups in total. The van der Waals surface area contributed by atoms with Crippen molar-refractivity contribution in [2.45, 2.75) is 50.4 Å². The maximum Gasteiger partial charge on any atom is 0.416 e. The van der Waals surface area contributed by atoms with Crippen LogP contribution >= 0.6 is 0 Å². The predicted molar refractivity (Wildman–Crippen MR) is 107 cm³/mol. The van der Waals surface area contributed by atoms with Gasteiger partial charge in [0.15, 0.2) is 0 Å². The molecule has 3 rings (SSSR count). The number of halogens is 3. The maximum atomic E-state index is 12.8. The Kier molecular flexibility index (Phi) is 6.97. The molecule has 1 saturated heterocycles. The first kappa shape index (κ1) is 23.8. The zero-order chi connectivity index (χ0) is 23.5. The topological polar surface area (TPSA) is 108 Å². The van der Waals surface area contributed by atoms with Crippen molar-refractivity contribution >= 4 is 17.8 Å². The molecule has 0 bridgehead atoms. The van der Waals surface area contributed by atoms with E-state index in [9.17, 15) is 32.7 Å². The van der Waals surface area contributed by atoms with E-state index in [2.05, 4.69) is 10.6 Å². The Morgan fingerprint density at radius 3 is 2.81 bits per heavy atom. The summed E-state index contributed by atoms with van der Waals surface area (Å²) in [5.41, 5.74) is -1.84. The van der Waals surface area contributed by atoms with E-state index in [1.165, 1.54) is 12.1 Å². The van der Waals surface area contributed by atoms with Gasteiger partial charge >= 0.3 is 12.2 Å². The second-order valence-corrected chi connectivity index (χ2v) is 8.23. The summed E-state index contributed by atoms with van der Waals surface area (Å²) in [4.78, 5) is 38.2. The Labute approximate surface area is 183 Å². The van der Waals surface area contributed by atoms with Gasteiger partial charge in [0, 0.05) is 6.54 Å². The number of rotatable bonds is 7. The predicted octanol–water partition coefficient (Wildman–Crippen LogP) is 2.06. The number of carbonyl (C=O) groups is 3. The molecule has 1 heterocycles. The third kappa shape index (κ3) is 5.14. The van der Waals surface area contributed by atoms with E-state index < -0.39 is 47.8 Å². The molecule has 1 aliphatic carbocycles.